The Labute approximate surface area is 187 Å². The molecular weight excluding hydrogens is 408 g/mol. The number of fused-ring (bicyclic) bond motifs is 2. The lowest BCUT2D eigenvalue weighted by Crippen LogP contribution is -2.75. The molecule has 2 bridgehead atoms. The van der Waals surface area contributed by atoms with Crippen molar-refractivity contribution in [1.29, 1.82) is 0 Å². The van der Waals surface area contributed by atoms with Gasteiger partial charge in [0.05, 0.1) is 26.3 Å². The third kappa shape index (κ3) is 2.92. The van der Waals surface area contributed by atoms with Gasteiger partial charge in [-0.25, -0.2) is 0 Å². The summed E-state index contributed by atoms with van der Waals surface area (Å²) in [5, 5.41) is 0. The lowest BCUT2D eigenvalue weighted by atomic mass is 9.54. The highest BCUT2D eigenvalue weighted by Crippen LogP contribution is 2.60. The van der Waals surface area contributed by atoms with Crippen LogP contribution in [0.3, 0.4) is 0 Å². The molecule has 0 spiro atoms. The molecule has 4 atom stereocenters. The van der Waals surface area contributed by atoms with E-state index in [0.717, 1.165) is 11.1 Å². The summed E-state index contributed by atoms with van der Waals surface area (Å²) < 4.78 is 10.4. The zero-order valence-corrected chi connectivity index (χ0v) is 18.8. The van der Waals surface area contributed by atoms with Crippen LogP contribution in [0.15, 0.2) is 60.7 Å². The van der Waals surface area contributed by atoms with Crippen LogP contribution < -0.4 is 0 Å². The average molecular weight is 437 g/mol. The second-order valence-electron chi connectivity index (χ2n) is 8.72. The van der Waals surface area contributed by atoms with E-state index in [1.165, 1.54) is 14.2 Å². The summed E-state index contributed by atoms with van der Waals surface area (Å²) in [6, 6.07) is 17.7. The smallest absolute Gasteiger partial charge is 0.322 e. The number of methoxy groups -OCH3 is 2. The molecule has 7 heteroatoms. The van der Waals surface area contributed by atoms with Gasteiger partial charge in [-0.1, -0.05) is 60.7 Å². The molecule has 168 valence electrons. The Balaban J connectivity index is 2.07. The van der Waals surface area contributed by atoms with Gasteiger partial charge in [0.15, 0.2) is 16.6 Å². The van der Waals surface area contributed by atoms with E-state index in [9.17, 15) is 14.4 Å². The zero-order chi connectivity index (χ0) is 23.1. The molecule has 2 saturated heterocycles. The van der Waals surface area contributed by atoms with E-state index >= 15 is 0 Å². The number of Topliss-reactive ketones (excluding diaryl/α,β-unsaturated/α-hetero) is 1. The van der Waals surface area contributed by atoms with Crippen molar-refractivity contribution in [2.24, 2.45) is 10.8 Å². The molecule has 2 unspecified atom stereocenters. The van der Waals surface area contributed by atoms with Crippen molar-refractivity contribution in [2.75, 3.05) is 41.4 Å². The van der Waals surface area contributed by atoms with Gasteiger partial charge in [0.25, 0.3) is 0 Å². The van der Waals surface area contributed by atoms with Crippen molar-refractivity contribution in [1.82, 2.24) is 9.80 Å². The van der Waals surface area contributed by atoms with Crippen molar-refractivity contribution in [3.05, 3.63) is 71.8 Å². The molecule has 2 aromatic carbocycles. The Kier molecular flexibility index (Phi) is 5.65. The van der Waals surface area contributed by atoms with E-state index in [4.69, 9.17) is 9.47 Å². The Hall–Kier alpha value is -3.03. The van der Waals surface area contributed by atoms with Gasteiger partial charge in [0.1, 0.15) is 0 Å². The fourth-order valence-electron chi connectivity index (χ4n) is 5.93. The van der Waals surface area contributed by atoms with Gasteiger partial charge in [-0.2, -0.15) is 0 Å². The Morgan fingerprint density at radius 2 is 1.16 bits per heavy atom. The topological polar surface area (TPSA) is 76.1 Å². The number of hydrogen-bond acceptors (Lipinski definition) is 7. The van der Waals surface area contributed by atoms with E-state index in [1.807, 2.05) is 84.6 Å². The summed E-state index contributed by atoms with van der Waals surface area (Å²) in [6.45, 7) is 0.283. The van der Waals surface area contributed by atoms with E-state index < -0.39 is 40.6 Å². The maximum absolute atomic E-state index is 14.5. The van der Waals surface area contributed by atoms with Gasteiger partial charge in [-0.3, -0.25) is 19.3 Å². The van der Waals surface area contributed by atoms with Crippen molar-refractivity contribution in [3.63, 3.8) is 0 Å². The van der Waals surface area contributed by atoms with Crippen molar-refractivity contribution in [2.45, 2.75) is 12.1 Å². The van der Waals surface area contributed by atoms with Crippen LogP contribution in [-0.4, -0.2) is 68.9 Å². The summed E-state index contributed by atoms with van der Waals surface area (Å²) in [4.78, 5) is 45.2. The molecule has 0 saturated carbocycles. The quantitative estimate of drug-likeness (QED) is 0.537. The highest BCUT2D eigenvalue weighted by atomic mass is 16.5. The first kappa shape index (κ1) is 22.2. The van der Waals surface area contributed by atoms with Crippen molar-refractivity contribution in [3.8, 4) is 0 Å². The maximum atomic E-state index is 14.5. The van der Waals surface area contributed by atoms with Crippen LogP contribution in [-0.2, 0) is 23.9 Å². The number of piperidine rings is 2. The van der Waals surface area contributed by atoms with Gasteiger partial charge < -0.3 is 14.4 Å². The van der Waals surface area contributed by atoms with E-state index in [2.05, 4.69) is 0 Å². The number of rotatable bonds is 4. The SMILES string of the molecule is COC(=O)C12CN(C)C[C@@](C(=O)OC)(C1=O)[C@@H](c1ccccc1)N(C)C2c1ccccc1. The molecule has 2 heterocycles. The number of ether oxygens (including phenoxy) is 2. The molecular formula is C25H28N2O5. The molecule has 0 N–H and O–H groups in total. The minimum Gasteiger partial charge on any atom is -0.468 e. The largest absolute Gasteiger partial charge is 0.468 e. The molecule has 2 aromatic rings. The Morgan fingerprint density at radius 1 is 0.781 bits per heavy atom. The van der Waals surface area contributed by atoms with Crippen molar-refractivity contribution < 1.29 is 23.9 Å². The predicted molar refractivity (Wildman–Crippen MR) is 118 cm³/mol. The number of nitrogens with zero attached hydrogens (tertiary/aromatic N) is 2. The van der Waals surface area contributed by atoms with Crippen LogP contribution >= 0.6 is 0 Å². The highest BCUT2D eigenvalue weighted by Gasteiger charge is 2.74. The molecule has 0 amide bonds. The standard InChI is InChI=1S/C25H28N2O5/c1-26-15-24(22(29)31-3)19(17-11-7-5-8-12-17)27(2)20(18-13-9-6-10-14-18)25(16-26,21(24)28)23(30)32-4/h5-14,19-20H,15-16H2,1-4H3/t19-,20?,24+,25?/m1/s1. The van der Waals surface area contributed by atoms with E-state index in [-0.39, 0.29) is 13.1 Å². The number of likely N-dealkylation sites (tertiary alicyclic amines) is 2. The lowest BCUT2D eigenvalue weighted by Gasteiger charge is -2.60. The average Bonchev–Trinajstić information content (AvgIpc) is 2.81. The number of benzene rings is 2. The molecule has 0 aliphatic carbocycles. The van der Waals surface area contributed by atoms with Gasteiger partial charge in [0, 0.05) is 13.1 Å². The van der Waals surface area contributed by atoms with Gasteiger partial charge in [-0.15, -0.1) is 0 Å². The first-order valence-corrected chi connectivity index (χ1v) is 10.6. The molecule has 0 radical (unpaired) electrons. The van der Waals surface area contributed by atoms with Crippen LogP contribution in [0.5, 0.6) is 0 Å². The van der Waals surface area contributed by atoms with Gasteiger partial charge in [0.2, 0.25) is 0 Å². The van der Waals surface area contributed by atoms with Gasteiger partial charge in [-0.05, 0) is 25.2 Å². The van der Waals surface area contributed by atoms with E-state index in [1.54, 1.807) is 0 Å². The zero-order valence-electron chi connectivity index (χ0n) is 18.8. The summed E-state index contributed by atoms with van der Waals surface area (Å²) in [6.07, 6.45) is 0. The van der Waals surface area contributed by atoms with E-state index in [0.29, 0.717) is 0 Å². The second-order valence-corrected chi connectivity index (χ2v) is 8.72. The van der Waals surface area contributed by atoms with Crippen LogP contribution in [0.2, 0.25) is 0 Å². The molecule has 4 rings (SSSR count). The summed E-state index contributed by atoms with van der Waals surface area (Å²) in [5.74, 6) is -1.73. The minimum atomic E-state index is -1.59. The molecule has 32 heavy (non-hydrogen) atoms. The monoisotopic (exact) mass is 436 g/mol. The number of carbonyl (C=O) groups excluding carboxylic acids is 3. The third-order valence-corrected chi connectivity index (χ3v) is 6.93. The highest BCUT2D eigenvalue weighted by molar-refractivity contribution is 6.17. The molecule has 0 aromatic heterocycles. The van der Waals surface area contributed by atoms with Crippen molar-refractivity contribution >= 4 is 17.7 Å². The minimum absolute atomic E-state index is 0.142. The molecule has 7 nitrogen and oxygen atoms in total. The summed E-state index contributed by atoms with van der Waals surface area (Å²) in [7, 11) is 6.24. The Bertz CT molecular complexity index is 948. The Morgan fingerprint density at radius 3 is 1.50 bits per heavy atom. The molecule has 2 aliphatic heterocycles. The van der Waals surface area contributed by atoms with Crippen LogP contribution in [0.4, 0.5) is 0 Å². The fourth-order valence-corrected chi connectivity index (χ4v) is 5.93. The number of carbonyl (C=O) groups is 3. The fraction of sp³-hybridized carbons (Fsp3) is 0.400. The first-order valence-electron chi connectivity index (χ1n) is 10.6. The summed E-state index contributed by atoms with van der Waals surface area (Å²) >= 11 is 0. The van der Waals surface area contributed by atoms with Gasteiger partial charge >= 0.3 is 11.9 Å². The number of hydrogen-bond donors (Lipinski definition) is 0. The third-order valence-electron chi connectivity index (χ3n) is 6.93. The normalized spacial score (nSPS) is 30.6. The number of ketones is 1. The second kappa shape index (κ2) is 8.15. The number of esters is 2. The molecule has 2 aliphatic rings. The maximum Gasteiger partial charge on any atom is 0.322 e. The van der Waals surface area contributed by atoms with Crippen LogP contribution in [0.1, 0.15) is 23.2 Å². The van der Waals surface area contributed by atoms with Crippen LogP contribution in [0.25, 0.3) is 0 Å². The summed E-state index contributed by atoms with van der Waals surface area (Å²) in [5.41, 5.74) is -1.55. The molecule has 2 fully saturated rings. The first-order chi connectivity index (χ1) is 15.3. The lowest BCUT2D eigenvalue weighted by molar-refractivity contribution is -0.202. The van der Waals surface area contributed by atoms with Crippen LogP contribution in [0, 0.1) is 10.8 Å². The predicted octanol–water partition coefficient (Wildman–Crippen LogP) is 2.25.